The first-order valence-electron chi connectivity index (χ1n) is 5.82. The first kappa shape index (κ1) is 13.9. The zero-order valence-electron chi connectivity index (χ0n) is 10.6. The summed E-state index contributed by atoms with van der Waals surface area (Å²) in [6.45, 7) is 2.09. The zero-order chi connectivity index (χ0) is 13.0. The van der Waals surface area contributed by atoms with Crippen LogP contribution in [-0.4, -0.2) is 55.6 Å². The molecule has 0 aromatic rings. The number of carbonyl (C=O) groups is 2. The largest absolute Gasteiger partial charge is 0.364 e. The number of hydrogen-bond donors (Lipinski definition) is 2. The van der Waals surface area contributed by atoms with E-state index in [-0.39, 0.29) is 17.9 Å². The number of hydrogen-bond acceptors (Lipinski definition) is 4. The summed E-state index contributed by atoms with van der Waals surface area (Å²) in [4.78, 5) is 24.8. The molecule has 0 saturated carbocycles. The molecule has 1 rings (SSSR count). The lowest BCUT2D eigenvalue weighted by Gasteiger charge is -2.20. The molecule has 3 atom stereocenters. The van der Waals surface area contributed by atoms with Gasteiger partial charge in [-0.05, 0) is 19.8 Å². The summed E-state index contributed by atoms with van der Waals surface area (Å²) < 4.78 is 5.45. The number of amides is 2. The lowest BCUT2D eigenvalue weighted by molar-refractivity contribution is -0.138. The molecule has 1 aliphatic rings. The fourth-order valence-corrected chi connectivity index (χ4v) is 1.83. The zero-order valence-corrected chi connectivity index (χ0v) is 10.6. The summed E-state index contributed by atoms with van der Waals surface area (Å²) in [5.41, 5.74) is 5.47. The quantitative estimate of drug-likeness (QED) is 0.669. The molecular weight excluding hydrogens is 222 g/mol. The molecule has 0 spiro atoms. The minimum Gasteiger partial charge on any atom is -0.364 e. The average molecular weight is 243 g/mol. The van der Waals surface area contributed by atoms with Gasteiger partial charge in [0.25, 0.3) is 0 Å². The maximum atomic E-state index is 11.8. The van der Waals surface area contributed by atoms with E-state index < -0.39 is 12.1 Å². The Morgan fingerprint density at radius 3 is 2.59 bits per heavy atom. The van der Waals surface area contributed by atoms with Gasteiger partial charge in [0.05, 0.1) is 6.10 Å². The van der Waals surface area contributed by atoms with E-state index in [2.05, 4.69) is 5.32 Å². The van der Waals surface area contributed by atoms with E-state index in [0.717, 1.165) is 6.42 Å². The van der Waals surface area contributed by atoms with E-state index in [1.807, 2.05) is 0 Å². The van der Waals surface area contributed by atoms with Crippen molar-refractivity contribution in [3.63, 3.8) is 0 Å². The van der Waals surface area contributed by atoms with Gasteiger partial charge in [-0.25, -0.2) is 0 Å². The van der Waals surface area contributed by atoms with Gasteiger partial charge in [-0.3, -0.25) is 9.59 Å². The van der Waals surface area contributed by atoms with Gasteiger partial charge in [0.1, 0.15) is 12.1 Å². The van der Waals surface area contributed by atoms with Crippen molar-refractivity contribution in [2.45, 2.75) is 38.0 Å². The molecular formula is C11H21N3O3. The maximum Gasteiger partial charge on any atom is 0.249 e. The molecule has 6 heteroatoms. The number of rotatable bonds is 4. The van der Waals surface area contributed by atoms with Crippen LogP contribution >= 0.6 is 0 Å². The van der Waals surface area contributed by atoms with E-state index in [1.54, 1.807) is 21.0 Å². The molecule has 0 radical (unpaired) electrons. The van der Waals surface area contributed by atoms with Crippen molar-refractivity contribution >= 4 is 11.8 Å². The van der Waals surface area contributed by atoms with Crippen molar-refractivity contribution in [2.75, 3.05) is 20.6 Å². The summed E-state index contributed by atoms with van der Waals surface area (Å²) in [6, 6.07) is -0.530. The molecule has 1 saturated heterocycles. The predicted molar refractivity (Wildman–Crippen MR) is 63.2 cm³/mol. The maximum absolute atomic E-state index is 11.8. The standard InChI is InChI=1S/C11H21N3O3/c1-7(11(16)14(2)3)13-10(15)9-5-4-8(6-12)17-9/h7-9H,4-6,12H2,1-3H3,(H,13,15). The van der Waals surface area contributed by atoms with Gasteiger partial charge < -0.3 is 20.7 Å². The van der Waals surface area contributed by atoms with Crippen LogP contribution in [0.2, 0.25) is 0 Å². The summed E-state index contributed by atoms with van der Waals surface area (Å²) in [7, 11) is 3.31. The topological polar surface area (TPSA) is 84.7 Å². The van der Waals surface area contributed by atoms with Crippen LogP contribution in [0.15, 0.2) is 0 Å². The monoisotopic (exact) mass is 243 g/mol. The number of nitrogens with two attached hydrogens (primary N) is 1. The Morgan fingerprint density at radius 1 is 1.47 bits per heavy atom. The second-order valence-electron chi connectivity index (χ2n) is 4.52. The van der Waals surface area contributed by atoms with Gasteiger partial charge in [-0.2, -0.15) is 0 Å². The highest BCUT2D eigenvalue weighted by atomic mass is 16.5. The van der Waals surface area contributed by atoms with Gasteiger partial charge >= 0.3 is 0 Å². The number of nitrogens with one attached hydrogen (secondary N) is 1. The summed E-state index contributed by atoms with van der Waals surface area (Å²) in [5.74, 6) is -0.365. The molecule has 6 nitrogen and oxygen atoms in total. The lowest BCUT2D eigenvalue weighted by Crippen LogP contribution is -2.47. The molecule has 2 amide bonds. The second-order valence-corrected chi connectivity index (χ2v) is 4.52. The molecule has 3 unspecified atom stereocenters. The van der Waals surface area contributed by atoms with Gasteiger partial charge in [0.15, 0.2) is 0 Å². The Bertz CT molecular complexity index is 294. The molecule has 3 N–H and O–H groups in total. The molecule has 1 fully saturated rings. The van der Waals surface area contributed by atoms with Crippen molar-refractivity contribution in [3.8, 4) is 0 Å². The summed E-state index contributed by atoms with van der Waals surface area (Å²) >= 11 is 0. The predicted octanol–water partition coefficient (Wildman–Crippen LogP) is -0.914. The highest BCUT2D eigenvalue weighted by Gasteiger charge is 2.31. The molecule has 0 aromatic heterocycles. The molecule has 1 heterocycles. The van der Waals surface area contributed by atoms with Gasteiger partial charge in [0.2, 0.25) is 11.8 Å². The number of likely N-dealkylation sites (N-methyl/N-ethyl adjacent to an activating group) is 1. The Hall–Kier alpha value is -1.14. The van der Waals surface area contributed by atoms with Crippen molar-refractivity contribution in [1.29, 1.82) is 0 Å². The molecule has 0 aliphatic carbocycles. The van der Waals surface area contributed by atoms with E-state index in [4.69, 9.17) is 10.5 Å². The van der Waals surface area contributed by atoms with E-state index in [1.165, 1.54) is 4.90 Å². The van der Waals surface area contributed by atoms with Gasteiger partial charge in [0, 0.05) is 20.6 Å². The van der Waals surface area contributed by atoms with Gasteiger partial charge in [-0.15, -0.1) is 0 Å². The van der Waals surface area contributed by atoms with Crippen molar-refractivity contribution in [3.05, 3.63) is 0 Å². The fourth-order valence-electron chi connectivity index (χ4n) is 1.83. The van der Waals surface area contributed by atoms with Crippen LogP contribution in [0, 0.1) is 0 Å². The van der Waals surface area contributed by atoms with E-state index in [0.29, 0.717) is 13.0 Å². The summed E-state index contributed by atoms with van der Waals surface area (Å²) in [6.07, 6.45) is 0.952. The number of nitrogens with zero attached hydrogens (tertiary/aromatic N) is 1. The molecule has 0 aromatic carbocycles. The van der Waals surface area contributed by atoms with Crippen molar-refractivity contribution in [1.82, 2.24) is 10.2 Å². The minimum absolute atomic E-state index is 0.0365. The molecule has 98 valence electrons. The van der Waals surface area contributed by atoms with E-state index in [9.17, 15) is 9.59 Å². The lowest BCUT2D eigenvalue weighted by atomic mass is 10.2. The Balaban J connectivity index is 2.42. The summed E-state index contributed by atoms with van der Waals surface area (Å²) in [5, 5.41) is 2.65. The van der Waals surface area contributed by atoms with Crippen LogP contribution in [-0.2, 0) is 14.3 Å². The van der Waals surface area contributed by atoms with Crippen LogP contribution in [0.3, 0.4) is 0 Å². The first-order valence-corrected chi connectivity index (χ1v) is 5.82. The highest BCUT2D eigenvalue weighted by molar-refractivity contribution is 5.88. The fraction of sp³-hybridized carbons (Fsp3) is 0.818. The Labute approximate surface area is 101 Å². The smallest absolute Gasteiger partial charge is 0.249 e. The number of ether oxygens (including phenoxy) is 1. The number of carbonyl (C=O) groups excluding carboxylic acids is 2. The highest BCUT2D eigenvalue weighted by Crippen LogP contribution is 2.18. The molecule has 1 aliphatic heterocycles. The second kappa shape index (κ2) is 5.97. The Morgan fingerprint density at radius 2 is 2.12 bits per heavy atom. The van der Waals surface area contributed by atoms with Crippen LogP contribution < -0.4 is 11.1 Å². The Kier molecular flexibility index (Phi) is 4.89. The van der Waals surface area contributed by atoms with E-state index >= 15 is 0 Å². The van der Waals surface area contributed by atoms with Crippen LogP contribution in [0.25, 0.3) is 0 Å². The third kappa shape index (κ3) is 3.67. The van der Waals surface area contributed by atoms with Gasteiger partial charge in [-0.1, -0.05) is 0 Å². The minimum atomic E-state index is -0.530. The SMILES string of the molecule is CC(NC(=O)C1CCC(CN)O1)C(=O)N(C)C. The molecule has 0 bridgehead atoms. The van der Waals surface area contributed by atoms with Crippen molar-refractivity contribution in [2.24, 2.45) is 5.73 Å². The average Bonchev–Trinajstić information content (AvgIpc) is 2.76. The van der Waals surface area contributed by atoms with Crippen LogP contribution in [0.4, 0.5) is 0 Å². The third-order valence-corrected chi connectivity index (χ3v) is 2.83. The van der Waals surface area contributed by atoms with Crippen LogP contribution in [0.1, 0.15) is 19.8 Å². The van der Waals surface area contributed by atoms with Crippen LogP contribution in [0.5, 0.6) is 0 Å². The molecule has 17 heavy (non-hydrogen) atoms. The van der Waals surface area contributed by atoms with Crippen molar-refractivity contribution < 1.29 is 14.3 Å². The third-order valence-electron chi connectivity index (χ3n) is 2.83. The first-order chi connectivity index (χ1) is 7.95. The normalized spacial score (nSPS) is 25.4.